The Morgan fingerprint density at radius 2 is 1.96 bits per heavy atom. The van der Waals surface area contributed by atoms with E-state index in [2.05, 4.69) is 28.1 Å². The van der Waals surface area contributed by atoms with E-state index in [1.54, 1.807) is 11.3 Å². The molecule has 4 heterocycles. The van der Waals surface area contributed by atoms with Gasteiger partial charge in [-0.3, -0.25) is 4.90 Å². The number of hydrogen-bond acceptors (Lipinski definition) is 6. The van der Waals surface area contributed by atoms with Gasteiger partial charge in [0.05, 0.1) is 6.54 Å². The summed E-state index contributed by atoms with van der Waals surface area (Å²) in [6.45, 7) is 5.28. The maximum absolute atomic E-state index is 6.04. The van der Waals surface area contributed by atoms with E-state index in [0.29, 0.717) is 5.82 Å². The van der Waals surface area contributed by atoms with Crippen molar-refractivity contribution in [3.63, 3.8) is 0 Å². The van der Waals surface area contributed by atoms with Crippen molar-refractivity contribution in [1.82, 2.24) is 24.7 Å². The fourth-order valence-corrected chi connectivity index (χ4v) is 4.43. The van der Waals surface area contributed by atoms with E-state index in [1.165, 1.54) is 19.3 Å². The average molecular weight is 353 g/mol. The van der Waals surface area contributed by atoms with E-state index in [4.69, 9.17) is 9.52 Å². The monoisotopic (exact) mass is 353 g/mol. The zero-order valence-corrected chi connectivity index (χ0v) is 14.9. The maximum Gasteiger partial charge on any atom is 0.235 e. The van der Waals surface area contributed by atoms with Crippen LogP contribution in [-0.4, -0.2) is 37.8 Å². The molecule has 128 valence electrons. The summed E-state index contributed by atoms with van der Waals surface area (Å²) in [6, 6.07) is 8.05. The summed E-state index contributed by atoms with van der Waals surface area (Å²) in [7, 11) is 0. The van der Waals surface area contributed by atoms with Crippen LogP contribution >= 0.6 is 11.3 Å². The molecule has 7 heteroatoms. The summed E-state index contributed by atoms with van der Waals surface area (Å²) >= 11 is 1.61. The standard InChI is InChI=1S/C18H19N5OS/c1-12-13-7-3-4-8-14(13)24-16(12)17-19-20-18-23(17)21-15(25-18)11-22-9-5-2-6-10-22/h3-4,7-8H,2,5-6,9-11H2,1H3. The molecule has 5 rings (SSSR count). The number of furan rings is 1. The molecule has 0 aliphatic carbocycles. The summed E-state index contributed by atoms with van der Waals surface area (Å²) in [6.07, 6.45) is 3.91. The van der Waals surface area contributed by atoms with Crippen molar-refractivity contribution in [1.29, 1.82) is 0 Å². The van der Waals surface area contributed by atoms with Crippen LogP contribution in [0.2, 0.25) is 0 Å². The Kier molecular flexibility index (Phi) is 3.57. The Morgan fingerprint density at radius 1 is 1.12 bits per heavy atom. The maximum atomic E-state index is 6.04. The van der Waals surface area contributed by atoms with Gasteiger partial charge < -0.3 is 4.42 Å². The van der Waals surface area contributed by atoms with Crippen molar-refractivity contribution in [2.45, 2.75) is 32.7 Å². The van der Waals surface area contributed by atoms with E-state index in [0.717, 1.165) is 51.9 Å². The second kappa shape index (κ2) is 5.93. The smallest absolute Gasteiger partial charge is 0.235 e. The molecule has 0 atom stereocenters. The van der Waals surface area contributed by atoms with E-state index in [9.17, 15) is 0 Å². The first-order valence-corrected chi connectivity index (χ1v) is 9.53. The third-order valence-corrected chi connectivity index (χ3v) is 5.77. The molecule has 0 bridgehead atoms. The van der Waals surface area contributed by atoms with Crippen LogP contribution in [0.4, 0.5) is 0 Å². The van der Waals surface area contributed by atoms with E-state index in [1.807, 2.05) is 22.7 Å². The molecular weight excluding hydrogens is 334 g/mol. The van der Waals surface area contributed by atoms with E-state index >= 15 is 0 Å². The number of aromatic nitrogens is 4. The number of para-hydroxylation sites is 1. The van der Waals surface area contributed by atoms with Gasteiger partial charge in [0.2, 0.25) is 10.8 Å². The predicted molar refractivity (Wildman–Crippen MR) is 97.7 cm³/mol. The number of rotatable bonds is 3. The molecule has 1 aliphatic rings. The minimum absolute atomic E-state index is 0.685. The number of piperidine rings is 1. The molecular formula is C18H19N5OS. The van der Waals surface area contributed by atoms with Crippen LogP contribution in [0.5, 0.6) is 0 Å². The van der Waals surface area contributed by atoms with Gasteiger partial charge in [-0.2, -0.15) is 9.61 Å². The highest BCUT2D eigenvalue weighted by molar-refractivity contribution is 7.16. The van der Waals surface area contributed by atoms with Gasteiger partial charge in [0.25, 0.3) is 0 Å². The van der Waals surface area contributed by atoms with Crippen molar-refractivity contribution < 1.29 is 4.42 Å². The van der Waals surface area contributed by atoms with Gasteiger partial charge in [0.15, 0.2) is 5.76 Å². The van der Waals surface area contributed by atoms with Crippen LogP contribution in [0, 0.1) is 6.92 Å². The van der Waals surface area contributed by atoms with Gasteiger partial charge in [-0.25, -0.2) is 0 Å². The number of hydrogen-bond donors (Lipinski definition) is 0. The predicted octanol–water partition coefficient (Wildman–Crippen LogP) is 3.89. The molecule has 1 aromatic carbocycles. The molecule has 3 aromatic heterocycles. The molecule has 0 unspecified atom stereocenters. The Balaban J connectivity index is 1.53. The molecule has 1 aliphatic heterocycles. The average Bonchev–Trinajstić information content (AvgIpc) is 3.29. The van der Waals surface area contributed by atoms with Crippen LogP contribution in [-0.2, 0) is 6.54 Å². The summed E-state index contributed by atoms with van der Waals surface area (Å²) in [4.78, 5) is 3.29. The first kappa shape index (κ1) is 15.0. The lowest BCUT2D eigenvalue weighted by Crippen LogP contribution is -2.29. The lowest BCUT2D eigenvalue weighted by atomic mass is 10.1. The third-order valence-electron chi connectivity index (χ3n) is 4.89. The van der Waals surface area contributed by atoms with Crippen LogP contribution in [0.15, 0.2) is 28.7 Å². The zero-order chi connectivity index (χ0) is 16.8. The number of aryl methyl sites for hydroxylation is 1. The zero-order valence-electron chi connectivity index (χ0n) is 14.1. The van der Waals surface area contributed by atoms with Gasteiger partial charge in [0.1, 0.15) is 10.6 Å². The second-order valence-corrected chi connectivity index (χ2v) is 7.64. The summed E-state index contributed by atoms with van der Waals surface area (Å²) in [5.41, 5.74) is 1.95. The normalized spacial score (nSPS) is 16.2. The Labute approximate surface area is 149 Å². The molecule has 0 saturated carbocycles. The summed E-state index contributed by atoms with van der Waals surface area (Å²) in [5.74, 6) is 1.44. The largest absolute Gasteiger partial charge is 0.452 e. The molecule has 0 spiro atoms. The lowest BCUT2D eigenvalue weighted by Gasteiger charge is -2.24. The van der Waals surface area contributed by atoms with Crippen LogP contribution in [0.1, 0.15) is 29.8 Å². The van der Waals surface area contributed by atoms with Gasteiger partial charge in [-0.05, 0) is 38.9 Å². The molecule has 4 aromatic rings. The highest BCUT2D eigenvalue weighted by atomic mass is 32.1. The van der Waals surface area contributed by atoms with Gasteiger partial charge >= 0.3 is 0 Å². The number of fused-ring (bicyclic) bond motifs is 2. The Bertz CT molecular complexity index is 1040. The minimum Gasteiger partial charge on any atom is -0.452 e. The van der Waals surface area contributed by atoms with Crippen molar-refractivity contribution in [3.8, 4) is 11.6 Å². The Hall–Kier alpha value is -2.25. The minimum atomic E-state index is 0.685. The molecule has 1 saturated heterocycles. The highest BCUT2D eigenvalue weighted by Gasteiger charge is 2.21. The molecule has 6 nitrogen and oxygen atoms in total. The topological polar surface area (TPSA) is 59.5 Å². The number of nitrogens with zero attached hydrogens (tertiary/aromatic N) is 5. The van der Waals surface area contributed by atoms with Crippen molar-refractivity contribution in [2.24, 2.45) is 0 Å². The Morgan fingerprint density at radius 3 is 2.80 bits per heavy atom. The lowest BCUT2D eigenvalue weighted by molar-refractivity contribution is 0.220. The highest BCUT2D eigenvalue weighted by Crippen LogP contribution is 2.32. The summed E-state index contributed by atoms with van der Waals surface area (Å²) < 4.78 is 7.87. The van der Waals surface area contributed by atoms with Crippen molar-refractivity contribution in [3.05, 3.63) is 34.8 Å². The van der Waals surface area contributed by atoms with Crippen LogP contribution in [0.3, 0.4) is 0 Å². The summed E-state index contributed by atoms with van der Waals surface area (Å²) in [5, 5.41) is 15.6. The molecule has 0 N–H and O–H groups in total. The fourth-order valence-electron chi connectivity index (χ4n) is 3.56. The molecule has 1 fully saturated rings. The van der Waals surface area contributed by atoms with Crippen LogP contribution in [0.25, 0.3) is 27.5 Å². The quantitative estimate of drug-likeness (QED) is 0.559. The van der Waals surface area contributed by atoms with E-state index in [-0.39, 0.29) is 0 Å². The van der Waals surface area contributed by atoms with Crippen LogP contribution < -0.4 is 0 Å². The van der Waals surface area contributed by atoms with Gasteiger partial charge in [-0.15, -0.1) is 10.2 Å². The number of benzene rings is 1. The van der Waals surface area contributed by atoms with E-state index < -0.39 is 0 Å². The van der Waals surface area contributed by atoms with Crippen molar-refractivity contribution >= 4 is 27.3 Å². The fraction of sp³-hybridized carbons (Fsp3) is 0.389. The second-order valence-electron chi connectivity index (χ2n) is 6.60. The molecule has 0 amide bonds. The molecule has 25 heavy (non-hydrogen) atoms. The van der Waals surface area contributed by atoms with Gasteiger partial charge in [-0.1, -0.05) is 36.0 Å². The van der Waals surface area contributed by atoms with Gasteiger partial charge in [0, 0.05) is 10.9 Å². The number of likely N-dealkylation sites (tertiary alicyclic amines) is 1. The first-order valence-electron chi connectivity index (χ1n) is 8.71. The molecule has 0 radical (unpaired) electrons. The third kappa shape index (κ3) is 2.54. The first-order chi connectivity index (χ1) is 12.3. The SMILES string of the molecule is Cc1c(-c2nnc3sc(CN4CCCCC4)nn23)oc2ccccc12. The van der Waals surface area contributed by atoms with Crippen molar-refractivity contribution in [2.75, 3.05) is 13.1 Å².